The number of amides is 3. The number of anilines is 2. The summed E-state index contributed by atoms with van der Waals surface area (Å²) >= 11 is 6.54. The third-order valence-electron chi connectivity index (χ3n) is 6.47. The van der Waals surface area contributed by atoms with Crippen molar-refractivity contribution in [3.05, 3.63) is 94.0 Å². The van der Waals surface area contributed by atoms with E-state index in [0.29, 0.717) is 35.9 Å². The number of nitrogens with zero attached hydrogens (tertiary/aromatic N) is 2. The number of carbonyl (C=O) groups is 2. The van der Waals surface area contributed by atoms with Crippen LogP contribution in [-0.4, -0.2) is 29.9 Å². The first-order valence-corrected chi connectivity index (χ1v) is 11.8. The van der Waals surface area contributed by atoms with Crippen molar-refractivity contribution < 1.29 is 9.59 Å². The number of rotatable bonds is 2. The van der Waals surface area contributed by atoms with E-state index in [2.05, 4.69) is 23.5 Å². The molecule has 3 aromatic rings. The summed E-state index contributed by atoms with van der Waals surface area (Å²) in [5.74, 6) is -0.111. The van der Waals surface area contributed by atoms with Gasteiger partial charge in [0.2, 0.25) is 0 Å². The van der Waals surface area contributed by atoms with Crippen LogP contribution < -0.4 is 10.2 Å². The molecule has 168 valence electrons. The number of nitrogens with one attached hydrogen (secondary N) is 1. The topological polar surface area (TPSA) is 52.7 Å². The summed E-state index contributed by atoms with van der Waals surface area (Å²) < 4.78 is 0. The van der Waals surface area contributed by atoms with Gasteiger partial charge in [-0.25, -0.2) is 4.79 Å². The normalized spacial score (nSPS) is 15.3. The minimum absolute atomic E-state index is 0.111. The Kier molecular flexibility index (Phi) is 6.05. The molecule has 2 aliphatic heterocycles. The van der Waals surface area contributed by atoms with E-state index in [0.717, 1.165) is 31.4 Å². The van der Waals surface area contributed by atoms with Crippen LogP contribution in [0.15, 0.2) is 66.7 Å². The fourth-order valence-corrected chi connectivity index (χ4v) is 4.95. The van der Waals surface area contributed by atoms with Crippen LogP contribution in [0.25, 0.3) is 0 Å². The number of halogens is 1. The molecule has 0 atom stereocenters. The molecular weight excluding hydrogens is 434 g/mol. The number of benzene rings is 3. The molecule has 3 amide bonds. The zero-order valence-corrected chi connectivity index (χ0v) is 19.1. The maximum absolute atomic E-state index is 13.4. The van der Waals surface area contributed by atoms with Crippen LogP contribution in [0.2, 0.25) is 5.02 Å². The van der Waals surface area contributed by atoms with E-state index in [1.54, 1.807) is 23.1 Å². The van der Waals surface area contributed by atoms with E-state index in [4.69, 9.17) is 11.6 Å². The zero-order valence-electron chi connectivity index (χ0n) is 18.4. The molecule has 0 bridgehead atoms. The van der Waals surface area contributed by atoms with E-state index in [1.807, 2.05) is 35.2 Å². The molecule has 0 aromatic heterocycles. The van der Waals surface area contributed by atoms with Crippen molar-refractivity contribution in [2.75, 3.05) is 23.3 Å². The van der Waals surface area contributed by atoms with Gasteiger partial charge in [-0.15, -0.1) is 0 Å². The average Bonchev–Trinajstić information content (AvgIpc) is 3.06. The van der Waals surface area contributed by atoms with E-state index in [1.165, 1.54) is 16.7 Å². The highest BCUT2D eigenvalue weighted by Crippen LogP contribution is 2.30. The molecule has 0 radical (unpaired) electrons. The SMILES string of the molecule is O=C(Nc1ccc(C(=O)N2CCCCc3ccccc32)c(Cl)c1)N1CCc2ccccc2C1. The Bertz CT molecular complexity index is 1210. The Balaban J connectivity index is 1.31. The molecule has 0 spiro atoms. The Morgan fingerprint density at radius 3 is 2.39 bits per heavy atom. The predicted octanol–water partition coefficient (Wildman–Crippen LogP) is 5.91. The number of urea groups is 1. The second-order valence-corrected chi connectivity index (χ2v) is 9.01. The van der Waals surface area contributed by atoms with Crippen LogP contribution in [0, 0.1) is 0 Å². The van der Waals surface area contributed by atoms with E-state index >= 15 is 0 Å². The van der Waals surface area contributed by atoms with Gasteiger partial charge >= 0.3 is 6.03 Å². The number of hydrogen-bond acceptors (Lipinski definition) is 2. The molecule has 33 heavy (non-hydrogen) atoms. The van der Waals surface area contributed by atoms with Gasteiger partial charge in [-0.2, -0.15) is 0 Å². The Hall–Kier alpha value is -3.31. The Morgan fingerprint density at radius 1 is 0.818 bits per heavy atom. The van der Waals surface area contributed by atoms with Gasteiger partial charge in [-0.3, -0.25) is 4.79 Å². The molecule has 0 unspecified atom stereocenters. The summed E-state index contributed by atoms with van der Waals surface area (Å²) in [5.41, 5.74) is 5.64. The highest BCUT2D eigenvalue weighted by molar-refractivity contribution is 6.35. The average molecular weight is 460 g/mol. The van der Waals surface area contributed by atoms with Crippen molar-refractivity contribution in [1.82, 2.24) is 4.90 Å². The fourth-order valence-electron chi connectivity index (χ4n) is 4.69. The molecule has 0 saturated carbocycles. The van der Waals surface area contributed by atoms with Gasteiger partial charge in [-0.05, 0) is 66.6 Å². The lowest BCUT2D eigenvalue weighted by molar-refractivity contribution is 0.0987. The second kappa shape index (κ2) is 9.28. The third kappa shape index (κ3) is 4.46. The van der Waals surface area contributed by atoms with Crippen molar-refractivity contribution in [3.63, 3.8) is 0 Å². The van der Waals surface area contributed by atoms with E-state index in [-0.39, 0.29) is 11.9 Å². The van der Waals surface area contributed by atoms with Crippen molar-refractivity contribution in [3.8, 4) is 0 Å². The molecule has 0 saturated heterocycles. The molecule has 1 N–H and O–H groups in total. The van der Waals surface area contributed by atoms with Crippen LogP contribution in [0.4, 0.5) is 16.2 Å². The van der Waals surface area contributed by atoms with Gasteiger partial charge in [0.05, 0.1) is 10.6 Å². The van der Waals surface area contributed by atoms with Crippen molar-refractivity contribution in [1.29, 1.82) is 0 Å². The van der Waals surface area contributed by atoms with Crippen LogP contribution >= 0.6 is 11.6 Å². The van der Waals surface area contributed by atoms with Gasteiger partial charge < -0.3 is 15.1 Å². The van der Waals surface area contributed by atoms with Gasteiger partial charge in [0.1, 0.15) is 0 Å². The molecule has 6 heteroatoms. The standard InChI is InChI=1S/C27H26ClN3O2/c28-24-17-22(29-27(33)30-16-14-19-7-1-2-10-21(19)18-30)12-13-23(24)26(32)31-15-6-5-9-20-8-3-4-11-25(20)31/h1-4,7-8,10-13,17H,5-6,9,14-16,18H2,(H,29,33). The summed E-state index contributed by atoms with van der Waals surface area (Å²) in [6, 6.07) is 21.2. The Labute approximate surface area is 199 Å². The van der Waals surface area contributed by atoms with E-state index in [9.17, 15) is 9.59 Å². The molecule has 2 heterocycles. The second-order valence-electron chi connectivity index (χ2n) is 8.61. The highest BCUT2D eigenvalue weighted by atomic mass is 35.5. The summed E-state index contributed by atoms with van der Waals surface area (Å²) in [4.78, 5) is 29.8. The fraction of sp³-hybridized carbons (Fsp3) is 0.259. The van der Waals surface area contributed by atoms with Crippen molar-refractivity contribution in [2.24, 2.45) is 0 Å². The van der Waals surface area contributed by atoms with Crippen LogP contribution in [0.1, 0.15) is 39.9 Å². The van der Waals surface area contributed by atoms with Gasteiger partial charge in [0, 0.05) is 31.0 Å². The van der Waals surface area contributed by atoms with Crippen LogP contribution in [0.3, 0.4) is 0 Å². The molecule has 3 aromatic carbocycles. The lowest BCUT2D eigenvalue weighted by Gasteiger charge is -2.29. The molecule has 2 aliphatic rings. The first-order chi connectivity index (χ1) is 16.1. The van der Waals surface area contributed by atoms with Gasteiger partial charge in [-0.1, -0.05) is 54.1 Å². The minimum Gasteiger partial charge on any atom is -0.320 e. The summed E-state index contributed by atoms with van der Waals surface area (Å²) in [7, 11) is 0. The largest absolute Gasteiger partial charge is 0.322 e. The maximum atomic E-state index is 13.4. The molecule has 0 aliphatic carbocycles. The number of para-hydroxylation sites is 1. The van der Waals surface area contributed by atoms with Gasteiger partial charge in [0.15, 0.2) is 0 Å². The van der Waals surface area contributed by atoms with Crippen molar-refractivity contribution >= 4 is 34.9 Å². The number of aryl methyl sites for hydroxylation is 1. The molecular formula is C27H26ClN3O2. The van der Waals surface area contributed by atoms with Crippen LogP contribution in [-0.2, 0) is 19.4 Å². The highest BCUT2D eigenvalue weighted by Gasteiger charge is 2.25. The summed E-state index contributed by atoms with van der Waals surface area (Å²) in [6.07, 6.45) is 3.82. The maximum Gasteiger partial charge on any atom is 0.322 e. The van der Waals surface area contributed by atoms with Gasteiger partial charge in [0.25, 0.3) is 5.91 Å². The van der Waals surface area contributed by atoms with Crippen LogP contribution in [0.5, 0.6) is 0 Å². The number of carbonyl (C=O) groups excluding carboxylic acids is 2. The first kappa shape index (κ1) is 21.5. The zero-order chi connectivity index (χ0) is 22.8. The third-order valence-corrected chi connectivity index (χ3v) is 6.79. The lowest BCUT2D eigenvalue weighted by atomic mass is 10.0. The first-order valence-electron chi connectivity index (χ1n) is 11.4. The predicted molar refractivity (Wildman–Crippen MR) is 132 cm³/mol. The molecule has 5 rings (SSSR count). The molecule has 5 nitrogen and oxygen atoms in total. The quantitative estimate of drug-likeness (QED) is 0.517. The Morgan fingerprint density at radius 2 is 1.58 bits per heavy atom. The van der Waals surface area contributed by atoms with Crippen molar-refractivity contribution in [2.45, 2.75) is 32.2 Å². The minimum atomic E-state index is -0.166. The summed E-state index contributed by atoms with van der Waals surface area (Å²) in [6.45, 7) is 1.92. The summed E-state index contributed by atoms with van der Waals surface area (Å²) in [5, 5.41) is 3.27. The smallest absolute Gasteiger partial charge is 0.320 e. The lowest BCUT2D eigenvalue weighted by Crippen LogP contribution is -2.38. The monoisotopic (exact) mass is 459 g/mol. The number of hydrogen-bond donors (Lipinski definition) is 1. The van der Waals surface area contributed by atoms with E-state index < -0.39 is 0 Å². The molecule has 0 fully saturated rings. The number of fused-ring (bicyclic) bond motifs is 2.